The van der Waals surface area contributed by atoms with Crippen LogP contribution in [0.4, 0.5) is 5.69 Å². The standard InChI is InChI=1S/C9H13ClN2/c1-9(2,3)7-5-4-6(11)8(10)12-7/h4-5H,11H2,1-3H3. The lowest BCUT2D eigenvalue weighted by Crippen LogP contribution is -2.13. The van der Waals surface area contributed by atoms with Crippen LogP contribution in [-0.2, 0) is 5.41 Å². The molecule has 0 bridgehead atoms. The van der Waals surface area contributed by atoms with Gasteiger partial charge in [-0.2, -0.15) is 0 Å². The van der Waals surface area contributed by atoms with Crippen LogP contribution < -0.4 is 5.73 Å². The van der Waals surface area contributed by atoms with Crippen LogP contribution in [0.1, 0.15) is 26.5 Å². The summed E-state index contributed by atoms with van der Waals surface area (Å²) in [7, 11) is 0. The number of halogens is 1. The summed E-state index contributed by atoms with van der Waals surface area (Å²) in [5, 5.41) is 0.391. The van der Waals surface area contributed by atoms with E-state index < -0.39 is 0 Å². The number of nitrogen functional groups attached to an aromatic ring is 1. The van der Waals surface area contributed by atoms with E-state index in [-0.39, 0.29) is 5.41 Å². The smallest absolute Gasteiger partial charge is 0.152 e. The Kier molecular flexibility index (Phi) is 2.29. The molecule has 0 aromatic carbocycles. The Hall–Kier alpha value is -0.760. The molecule has 0 saturated carbocycles. The summed E-state index contributed by atoms with van der Waals surface area (Å²) in [4.78, 5) is 4.18. The molecule has 1 rings (SSSR count). The number of hydrogen-bond donors (Lipinski definition) is 1. The molecule has 0 atom stereocenters. The lowest BCUT2D eigenvalue weighted by Gasteiger charge is -2.17. The minimum atomic E-state index is 0.0251. The van der Waals surface area contributed by atoms with Gasteiger partial charge in [0.15, 0.2) is 5.15 Å². The Morgan fingerprint density at radius 1 is 1.33 bits per heavy atom. The zero-order valence-corrected chi connectivity index (χ0v) is 8.31. The second kappa shape index (κ2) is 2.94. The second-order valence-electron chi connectivity index (χ2n) is 3.83. The molecule has 0 fully saturated rings. The molecule has 12 heavy (non-hydrogen) atoms. The van der Waals surface area contributed by atoms with Gasteiger partial charge in [0, 0.05) is 11.1 Å². The summed E-state index contributed by atoms with van der Waals surface area (Å²) in [6.07, 6.45) is 0. The molecule has 0 amide bonds. The first-order chi connectivity index (χ1) is 5.41. The maximum atomic E-state index is 5.78. The van der Waals surface area contributed by atoms with E-state index in [1.54, 1.807) is 6.07 Å². The summed E-state index contributed by atoms with van der Waals surface area (Å²) < 4.78 is 0. The van der Waals surface area contributed by atoms with E-state index in [0.29, 0.717) is 10.8 Å². The SMILES string of the molecule is CC(C)(C)c1ccc(N)c(Cl)n1. The average Bonchev–Trinajstić information content (AvgIpc) is 1.92. The van der Waals surface area contributed by atoms with Crippen molar-refractivity contribution in [3.05, 3.63) is 23.0 Å². The molecule has 1 heterocycles. The predicted molar refractivity (Wildman–Crippen MR) is 52.4 cm³/mol. The quantitative estimate of drug-likeness (QED) is 0.630. The lowest BCUT2D eigenvalue weighted by molar-refractivity contribution is 0.569. The number of rotatable bonds is 0. The van der Waals surface area contributed by atoms with Crippen molar-refractivity contribution in [2.45, 2.75) is 26.2 Å². The minimum absolute atomic E-state index is 0.0251. The van der Waals surface area contributed by atoms with Crippen molar-refractivity contribution in [2.24, 2.45) is 0 Å². The molecule has 3 heteroatoms. The normalized spacial score (nSPS) is 11.7. The molecule has 0 aliphatic heterocycles. The van der Waals surface area contributed by atoms with E-state index in [9.17, 15) is 0 Å². The van der Waals surface area contributed by atoms with Crippen LogP contribution in [0.3, 0.4) is 0 Å². The molecule has 1 aromatic rings. The van der Waals surface area contributed by atoms with Gasteiger partial charge in [0.05, 0.1) is 5.69 Å². The first-order valence-electron chi connectivity index (χ1n) is 3.84. The fourth-order valence-electron chi connectivity index (χ4n) is 0.863. The van der Waals surface area contributed by atoms with Crippen LogP contribution in [0.2, 0.25) is 5.15 Å². The van der Waals surface area contributed by atoms with E-state index in [4.69, 9.17) is 17.3 Å². The lowest BCUT2D eigenvalue weighted by atomic mass is 9.92. The second-order valence-corrected chi connectivity index (χ2v) is 4.18. The van der Waals surface area contributed by atoms with E-state index >= 15 is 0 Å². The molecule has 0 spiro atoms. The predicted octanol–water partition coefficient (Wildman–Crippen LogP) is 2.61. The Labute approximate surface area is 77.8 Å². The molecule has 0 saturated heterocycles. The Bertz CT molecular complexity index is 289. The van der Waals surface area contributed by atoms with Crippen LogP contribution in [0.25, 0.3) is 0 Å². The van der Waals surface area contributed by atoms with Crippen molar-refractivity contribution >= 4 is 17.3 Å². The summed E-state index contributed by atoms with van der Waals surface area (Å²) in [5.41, 5.74) is 7.05. The van der Waals surface area contributed by atoms with Crippen LogP contribution in [0.5, 0.6) is 0 Å². The van der Waals surface area contributed by atoms with E-state index in [0.717, 1.165) is 5.69 Å². The van der Waals surface area contributed by atoms with Gasteiger partial charge in [-0.3, -0.25) is 0 Å². The third-order valence-corrected chi connectivity index (χ3v) is 1.95. The van der Waals surface area contributed by atoms with Gasteiger partial charge in [0.25, 0.3) is 0 Å². The number of aromatic nitrogens is 1. The molecule has 0 aliphatic carbocycles. The number of nitrogens with zero attached hydrogens (tertiary/aromatic N) is 1. The van der Waals surface area contributed by atoms with Gasteiger partial charge in [-0.15, -0.1) is 0 Å². The summed E-state index contributed by atoms with van der Waals surface area (Å²) in [6.45, 7) is 6.26. The monoisotopic (exact) mass is 184 g/mol. The van der Waals surface area contributed by atoms with Gasteiger partial charge in [-0.1, -0.05) is 32.4 Å². The Balaban J connectivity index is 3.14. The summed E-state index contributed by atoms with van der Waals surface area (Å²) in [6, 6.07) is 3.69. The first kappa shape index (κ1) is 9.33. The van der Waals surface area contributed by atoms with Crippen molar-refractivity contribution in [3.63, 3.8) is 0 Å². The molecule has 0 aliphatic rings. The van der Waals surface area contributed by atoms with Crippen LogP contribution in [0, 0.1) is 0 Å². The molecule has 2 N–H and O–H groups in total. The largest absolute Gasteiger partial charge is 0.396 e. The highest BCUT2D eigenvalue weighted by Gasteiger charge is 2.15. The average molecular weight is 185 g/mol. The Morgan fingerprint density at radius 3 is 2.33 bits per heavy atom. The van der Waals surface area contributed by atoms with Crippen molar-refractivity contribution in [1.82, 2.24) is 4.98 Å². The maximum Gasteiger partial charge on any atom is 0.152 e. The van der Waals surface area contributed by atoms with E-state index in [1.807, 2.05) is 6.07 Å². The summed E-state index contributed by atoms with van der Waals surface area (Å²) >= 11 is 5.78. The van der Waals surface area contributed by atoms with Crippen LogP contribution in [0.15, 0.2) is 12.1 Å². The van der Waals surface area contributed by atoms with Crippen molar-refractivity contribution in [2.75, 3.05) is 5.73 Å². The van der Waals surface area contributed by atoms with Crippen molar-refractivity contribution in [3.8, 4) is 0 Å². The number of anilines is 1. The maximum absolute atomic E-state index is 5.78. The number of hydrogen-bond acceptors (Lipinski definition) is 2. The van der Waals surface area contributed by atoms with Crippen LogP contribution in [-0.4, -0.2) is 4.98 Å². The molecule has 0 unspecified atom stereocenters. The zero-order valence-electron chi connectivity index (χ0n) is 7.56. The third kappa shape index (κ3) is 1.89. The van der Waals surface area contributed by atoms with Crippen molar-refractivity contribution < 1.29 is 0 Å². The van der Waals surface area contributed by atoms with E-state index in [1.165, 1.54) is 0 Å². The highest BCUT2D eigenvalue weighted by Crippen LogP contribution is 2.24. The third-order valence-electron chi connectivity index (χ3n) is 1.65. The van der Waals surface area contributed by atoms with Gasteiger partial charge in [-0.05, 0) is 12.1 Å². The topological polar surface area (TPSA) is 38.9 Å². The molecule has 2 nitrogen and oxygen atoms in total. The molecule has 0 radical (unpaired) electrons. The molecule has 66 valence electrons. The van der Waals surface area contributed by atoms with Crippen LogP contribution >= 0.6 is 11.6 Å². The van der Waals surface area contributed by atoms with Crippen molar-refractivity contribution in [1.29, 1.82) is 0 Å². The van der Waals surface area contributed by atoms with Gasteiger partial charge in [-0.25, -0.2) is 4.98 Å². The minimum Gasteiger partial charge on any atom is -0.396 e. The summed E-state index contributed by atoms with van der Waals surface area (Å²) in [5.74, 6) is 0. The van der Waals surface area contributed by atoms with Gasteiger partial charge in [0.2, 0.25) is 0 Å². The van der Waals surface area contributed by atoms with Gasteiger partial charge < -0.3 is 5.73 Å². The zero-order chi connectivity index (χ0) is 9.35. The van der Waals surface area contributed by atoms with Gasteiger partial charge in [0.1, 0.15) is 0 Å². The molecular formula is C9H13ClN2. The molecular weight excluding hydrogens is 172 g/mol. The number of nitrogens with two attached hydrogens (primary N) is 1. The fraction of sp³-hybridized carbons (Fsp3) is 0.444. The first-order valence-corrected chi connectivity index (χ1v) is 4.21. The number of pyridine rings is 1. The molecule has 1 aromatic heterocycles. The van der Waals surface area contributed by atoms with Gasteiger partial charge >= 0.3 is 0 Å². The fourth-order valence-corrected chi connectivity index (χ4v) is 1.02. The highest BCUT2D eigenvalue weighted by atomic mass is 35.5. The highest BCUT2D eigenvalue weighted by molar-refractivity contribution is 6.31. The van der Waals surface area contributed by atoms with E-state index in [2.05, 4.69) is 25.8 Å². The Morgan fingerprint density at radius 2 is 1.92 bits per heavy atom.